The second kappa shape index (κ2) is 3.89. The van der Waals surface area contributed by atoms with Crippen LogP contribution in [0.5, 0.6) is 0 Å². The van der Waals surface area contributed by atoms with Gasteiger partial charge in [-0.1, -0.05) is 33.3 Å². The minimum Gasteiger partial charge on any atom is -0.173 e. The van der Waals surface area contributed by atoms with Gasteiger partial charge < -0.3 is 0 Å². The standard InChI is InChI=1S/C12H16N2S/c1-4-7-12(2,3)9-5-6-10-11(8-9)14-15-13-10/h5-6,8H,4,7H2,1-3H3. The molecular formula is C12H16N2S. The van der Waals surface area contributed by atoms with Crippen LogP contribution >= 0.6 is 11.7 Å². The Morgan fingerprint density at radius 1 is 1.20 bits per heavy atom. The largest absolute Gasteiger partial charge is 0.173 e. The van der Waals surface area contributed by atoms with Crippen LogP contribution in [0.3, 0.4) is 0 Å². The van der Waals surface area contributed by atoms with Gasteiger partial charge in [0.1, 0.15) is 11.0 Å². The van der Waals surface area contributed by atoms with E-state index in [1.165, 1.54) is 30.1 Å². The van der Waals surface area contributed by atoms with Crippen LogP contribution in [0.25, 0.3) is 11.0 Å². The average molecular weight is 220 g/mol. The molecule has 0 saturated heterocycles. The van der Waals surface area contributed by atoms with Crippen LogP contribution in [0, 0.1) is 0 Å². The molecule has 0 radical (unpaired) electrons. The molecule has 0 aliphatic carbocycles. The van der Waals surface area contributed by atoms with Crippen LogP contribution in [0.1, 0.15) is 39.2 Å². The van der Waals surface area contributed by atoms with Crippen molar-refractivity contribution >= 4 is 22.8 Å². The maximum Gasteiger partial charge on any atom is 0.105 e. The van der Waals surface area contributed by atoms with E-state index in [1.54, 1.807) is 0 Å². The van der Waals surface area contributed by atoms with E-state index >= 15 is 0 Å². The van der Waals surface area contributed by atoms with Gasteiger partial charge in [0.05, 0.1) is 11.7 Å². The number of aromatic nitrogens is 2. The fraction of sp³-hybridized carbons (Fsp3) is 0.500. The summed E-state index contributed by atoms with van der Waals surface area (Å²) in [6, 6.07) is 6.43. The maximum atomic E-state index is 4.28. The summed E-state index contributed by atoms with van der Waals surface area (Å²) in [5, 5.41) is 0. The second-order valence-corrected chi connectivity index (χ2v) is 5.13. The summed E-state index contributed by atoms with van der Waals surface area (Å²) < 4.78 is 8.50. The topological polar surface area (TPSA) is 25.8 Å². The van der Waals surface area contributed by atoms with Crippen molar-refractivity contribution in [1.29, 1.82) is 0 Å². The Morgan fingerprint density at radius 3 is 2.67 bits per heavy atom. The number of hydrogen-bond acceptors (Lipinski definition) is 3. The Hall–Kier alpha value is -0.960. The number of benzene rings is 1. The molecule has 0 unspecified atom stereocenters. The van der Waals surface area contributed by atoms with Crippen molar-refractivity contribution in [2.24, 2.45) is 0 Å². The third kappa shape index (κ3) is 2.02. The first-order chi connectivity index (χ1) is 7.13. The van der Waals surface area contributed by atoms with E-state index in [0.717, 1.165) is 11.0 Å². The van der Waals surface area contributed by atoms with Gasteiger partial charge in [0, 0.05) is 0 Å². The van der Waals surface area contributed by atoms with E-state index in [0.29, 0.717) is 0 Å². The highest BCUT2D eigenvalue weighted by atomic mass is 32.1. The van der Waals surface area contributed by atoms with Crippen molar-refractivity contribution in [3.63, 3.8) is 0 Å². The molecule has 0 spiro atoms. The quantitative estimate of drug-likeness (QED) is 0.787. The van der Waals surface area contributed by atoms with Gasteiger partial charge in [-0.25, -0.2) is 0 Å². The number of rotatable bonds is 3. The predicted molar refractivity (Wildman–Crippen MR) is 65.3 cm³/mol. The molecule has 1 heterocycles. The summed E-state index contributed by atoms with van der Waals surface area (Å²) in [7, 11) is 0. The van der Waals surface area contributed by atoms with Crippen LogP contribution in [0.2, 0.25) is 0 Å². The monoisotopic (exact) mass is 220 g/mol. The van der Waals surface area contributed by atoms with Crippen molar-refractivity contribution in [2.45, 2.75) is 39.0 Å². The Kier molecular flexibility index (Phi) is 2.74. The molecule has 0 fully saturated rings. The van der Waals surface area contributed by atoms with E-state index in [9.17, 15) is 0 Å². The molecule has 0 saturated carbocycles. The van der Waals surface area contributed by atoms with Gasteiger partial charge in [-0.3, -0.25) is 0 Å². The first-order valence-corrected chi connectivity index (χ1v) is 6.09. The molecule has 3 heteroatoms. The van der Waals surface area contributed by atoms with E-state index in [-0.39, 0.29) is 5.41 Å². The molecule has 1 aromatic carbocycles. The second-order valence-electron chi connectivity index (χ2n) is 4.60. The first-order valence-electron chi connectivity index (χ1n) is 5.36. The van der Waals surface area contributed by atoms with Crippen LogP contribution in [-0.4, -0.2) is 8.75 Å². The SMILES string of the molecule is CCCC(C)(C)c1ccc2nsnc2c1. The fourth-order valence-corrected chi connectivity index (χ4v) is 2.49. The molecule has 2 rings (SSSR count). The summed E-state index contributed by atoms with van der Waals surface area (Å²) in [5.41, 5.74) is 3.65. The summed E-state index contributed by atoms with van der Waals surface area (Å²) in [6.45, 7) is 6.81. The van der Waals surface area contributed by atoms with Crippen molar-refractivity contribution in [3.8, 4) is 0 Å². The zero-order valence-electron chi connectivity index (χ0n) is 9.45. The molecule has 0 bridgehead atoms. The average Bonchev–Trinajstić information content (AvgIpc) is 2.63. The van der Waals surface area contributed by atoms with Gasteiger partial charge in [0.2, 0.25) is 0 Å². The van der Waals surface area contributed by atoms with Crippen molar-refractivity contribution < 1.29 is 0 Å². The molecule has 80 valence electrons. The summed E-state index contributed by atoms with van der Waals surface area (Å²) in [6.07, 6.45) is 2.41. The van der Waals surface area contributed by atoms with Crippen molar-refractivity contribution in [2.75, 3.05) is 0 Å². The van der Waals surface area contributed by atoms with Crippen molar-refractivity contribution in [1.82, 2.24) is 8.75 Å². The van der Waals surface area contributed by atoms with E-state index in [4.69, 9.17) is 0 Å². The van der Waals surface area contributed by atoms with Crippen LogP contribution in [0.15, 0.2) is 18.2 Å². The van der Waals surface area contributed by atoms with Crippen LogP contribution < -0.4 is 0 Å². The Labute approximate surface area is 94.7 Å². The summed E-state index contributed by atoms with van der Waals surface area (Å²) in [5.74, 6) is 0. The Morgan fingerprint density at radius 2 is 1.93 bits per heavy atom. The zero-order chi connectivity index (χ0) is 10.9. The maximum absolute atomic E-state index is 4.28. The molecule has 2 aromatic rings. The third-order valence-corrected chi connectivity index (χ3v) is 3.47. The first kappa shape index (κ1) is 10.6. The highest BCUT2D eigenvalue weighted by Crippen LogP contribution is 2.30. The Balaban J connectivity index is 2.42. The molecule has 0 aliphatic heterocycles. The fourth-order valence-electron chi connectivity index (χ4n) is 1.97. The smallest absolute Gasteiger partial charge is 0.105 e. The summed E-state index contributed by atoms with van der Waals surface area (Å²) in [4.78, 5) is 0. The van der Waals surface area contributed by atoms with Gasteiger partial charge in [0.15, 0.2) is 0 Å². The van der Waals surface area contributed by atoms with Gasteiger partial charge in [-0.2, -0.15) is 8.75 Å². The number of fused-ring (bicyclic) bond motifs is 1. The molecule has 0 atom stereocenters. The minimum atomic E-state index is 0.243. The van der Waals surface area contributed by atoms with Gasteiger partial charge >= 0.3 is 0 Å². The Bertz CT molecular complexity index is 459. The predicted octanol–water partition coefficient (Wildman–Crippen LogP) is 3.77. The molecule has 2 nitrogen and oxygen atoms in total. The molecule has 0 amide bonds. The molecule has 15 heavy (non-hydrogen) atoms. The number of nitrogens with zero attached hydrogens (tertiary/aromatic N) is 2. The van der Waals surface area contributed by atoms with Gasteiger partial charge in [0.25, 0.3) is 0 Å². The van der Waals surface area contributed by atoms with Gasteiger partial charge in [-0.15, -0.1) is 0 Å². The highest BCUT2D eigenvalue weighted by molar-refractivity contribution is 7.00. The van der Waals surface area contributed by atoms with Crippen molar-refractivity contribution in [3.05, 3.63) is 23.8 Å². The lowest BCUT2D eigenvalue weighted by Crippen LogP contribution is -2.16. The molecule has 0 aliphatic rings. The normalized spacial score (nSPS) is 12.2. The lowest BCUT2D eigenvalue weighted by Gasteiger charge is -2.24. The molecular weight excluding hydrogens is 204 g/mol. The van der Waals surface area contributed by atoms with Crippen LogP contribution in [0.4, 0.5) is 0 Å². The zero-order valence-corrected chi connectivity index (χ0v) is 10.3. The highest BCUT2D eigenvalue weighted by Gasteiger charge is 2.19. The molecule has 1 aromatic heterocycles. The van der Waals surface area contributed by atoms with Crippen LogP contribution in [-0.2, 0) is 5.41 Å². The minimum absolute atomic E-state index is 0.243. The summed E-state index contributed by atoms with van der Waals surface area (Å²) >= 11 is 1.29. The third-order valence-electron chi connectivity index (χ3n) is 2.91. The van der Waals surface area contributed by atoms with E-state index in [1.807, 2.05) is 0 Å². The van der Waals surface area contributed by atoms with Gasteiger partial charge in [-0.05, 0) is 29.5 Å². The lowest BCUT2D eigenvalue weighted by molar-refractivity contribution is 0.473. The van der Waals surface area contributed by atoms with E-state index < -0.39 is 0 Å². The van der Waals surface area contributed by atoms with E-state index in [2.05, 4.69) is 47.7 Å². The lowest BCUT2D eigenvalue weighted by atomic mass is 9.80. The molecule has 0 N–H and O–H groups in total. The number of hydrogen-bond donors (Lipinski definition) is 0.